The van der Waals surface area contributed by atoms with Gasteiger partial charge < -0.3 is 9.47 Å². The lowest BCUT2D eigenvalue weighted by Gasteiger charge is -2.26. The van der Waals surface area contributed by atoms with Crippen molar-refractivity contribution >= 4 is 56.9 Å². The van der Waals surface area contributed by atoms with Gasteiger partial charge in [0, 0.05) is 16.5 Å². The summed E-state index contributed by atoms with van der Waals surface area (Å²) in [5.74, 6) is -2.25. The first-order valence-electron chi connectivity index (χ1n) is 7.88. The van der Waals surface area contributed by atoms with Gasteiger partial charge in [0.1, 0.15) is 6.10 Å². The standard InChI is InChI=1S/C17H13BrCl2O5/c18-14-8-4-9-13(17(23)25-15(9)14)12(8)16(22)24-5-11(21)7-2-1-6(19)3-10(7)20/h1-3,8-9,12-15H,4-5H2/t8-,9-,12+,13+,14-,15+/m1/s1. The molecule has 1 heterocycles. The molecule has 2 saturated carbocycles. The Balaban J connectivity index is 1.44. The first kappa shape index (κ1) is 17.3. The van der Waals surface area contributed by atoms with E-state index < -0.39 is 30.2 Å². The van der Waals surface area contributed by atoms with Crippen LogP contribution in [0.3, 0.4) is 0 Å². The first-order chi connectivity index (χ1) is 11.9. The Morgan fingerprint density at radius 3 is 2.76 bits per heavy atom. The lowest BCUT2D eigenvalue weighted by molar-refractivity contribution is -0.154. The summed E-state index contributed by atoms with van der Waals surface area (Å²) < 4.78 is 10.6. The van der Waals surface area contributed by atoms with Crippen LogP contribution in [0.4, 0.5) is 0 Å². The minimum Gasteiger partial charge on any atom is -0.461 e. The van der Waals surface area contributed by atoms with E-state index in [1.54, 1.807) is 6.07 Å². The van der Waals surface area contributed by atoms with E-state index in [1.165, 1.54) is 12.1 Å². The molecule has 0 amide bonds. The van der Waals surface area contributed by atoms with Crippen molar-refractivity contribution in [1.29, 1.82) is 0 Å². The second kappa shape index (κ2) is 6.25. The highest BCUT2D eigenvalue weighted by Gasteiger charge is 2.68. The summed E-state index contributed by atoms with van der Waals surface area (Å²) in [6.45, 7) is -0.424. The predicted octanol–water partition coefficient (Wildman–Crippen LogP) is 3.29. The summed E-state index contributed by atoms with van der Waals surface area (Å²) in [5, 5.41) is 0.620. The summed E-state index contributed by atoms with van der Waals surface area (Å²) in [4.78, 5) is 36.8. The quantitative estimate of drug-likeness (QED) is 0.402. The topological polar surface area (TPSA) is 69.7 Å². The molecule has 3 fully saturated rings. The maximum Gasteiger partial charge on any atom is 0.310 e. The molecule has 5 nitrogen and oxygen atoms in total. The van der Waals surface area contributed by atoms with Crippen LogP contribution in [0.25, 0.3) is 0 Å². The molecule has 0 aromatic heterocycles. The van der Waals surface area contributed by atoms with Gasteiger partial charge in [-0.05, 0) is 30.5 Å². The van der Waals surface area contributed by atoms with Gasteiger partial charge >= 0.3 is 11.9 Å². The number of esters is 2. The molecule has 2 aliphatic carbocycles. The zero-order valence-electron chi connectivity index (χ0n) is 12.8. The number of ketones is 1. The molecule has 3 aliphatic rings. The van der Waals surface area contributed by atoms with E-state index >= 15 is 0 Å². The fourth-order valence-corrected chi connectivity index (χ4v) is 5.88. The lowest BCUT2D eigenvalue weighted by Crippen LogP contribution is -2.39. The summed E-state index contributed by atoms with van der Waals surface area (Å²) in [6, 6.07) is 4.49. The Morgan fingerprint density at radius 1 is 1.28 bits per heavy atom. The van der Waals surface area contributed by atoms with Crippen molar-refractivity contribution in [3.05, 3.63) is 33.8 Å². The van der Waals surface area contributed by atoms with Gasteiger partial charge in [-0.2, -0.15) is 0 Å². The molecule has 6 atom stereocenters. The third-order valence-electron chi connectivity index (χ3n) is 5.37. The summed E-state index contributed by atoms with van der Waals surface area (Å²) >= 11 is 15.3. The van der Waals surface area contributed by atoms with Gasteiger partial charge in [0.25, 0.3) is 0 Å². The van der Waals surface area contributed by atoms with E-state index in [4.69, 9.17) is 32.7 Å². The summed E-state index contributed by atoms with van der Waals surface area (Å²) in [5.41, 5.74) is 0.241. The van der Waals surface area contributed by atoms with Gasteiger partial charge in [-0.3, -0.25) is 14.4 Å². The monoisotopic (exact) mass is 446 g/mol. The SMILES string of the molecule is O=C(COC(=O)[C@H]1[C@H]2C[C@H]3[C@H](OC(=O)[C@@H]31)[C@@H]2Br)c1ccc(Cl)cc1Cl. The molecule has 8 heteroatoms. The van der Waals surface area contributed by atoms with E-state index in [1.807, 2.05) is 0 Å². The summed E-state index contributed by atoms with van der Waals surface area (Å²) in [7, 11) is 0. The Hall–Kier alpha value is -1.11. The van der Waals surface area contributed by atoms with Crippen LogP contribution < -0.4 is 0 Å². The molecule has 132 valence electrons. The minimum absolute atomic E-state index is 0.00632. The van der Waals surface area contributed by atoms with E-state index in [2.05, 4.69) is 15.9 Å². The predicted molar refractivity (Wildman–Crippen MR) is 92.9 cm³/mol. The molecule has 25 heavy (non-hydrogen) atoms. The van der Waals surface area contributed by atoms with Gasteiger partial charge in [0.15, 0.2) is 6.61 Å². The third kappa shape index (κ3) is 2.69. The number of carbonyl (C=O) groups excluding carboxylic acids is 3. The molecule has 0 spiro atoms. The number of hydrogen-bond donors (Lipinski definition) is 0. The molecule has 0 radical (unpaired) electrons. The second-order valence-corrected chi connectivity index (χ2v) is 8.52. The van der Waals surface area contributed by atoms with Gasteiger partial charge in [-0.1, -0.05) is 39.1 Å². The zero-order valence-corrected chi connectivity index (χ0v) is 15.9. The number of alkyl halides is 1. The minimum atomic E-state index is -0.561. The number of carbonyl (C=O) groups is 3. The normalized spacial score (nSPS) is 34.9. The van der Waals surface area contributed by atoms with Crippen LogP contribution in [-0.4, -0.2) is 35.3 Å². The van der Waals surface area contributed by atoms with E-state index in [-0.39, 0.29) is 39.3 Å². The number of rotatable bonds is 4. The Bertz CT molecular complexity index is 782. The zero-order chi connectivity index (χ0) is 17.9. The average Bonchev–Trinajstić information content (AvgIpc) is 3.16. The van der Waals surface area contributed by atoms with Crippen LogP contribution in [-0.2, 0) is 19.1 Å². The van der Waals surface area contributed by atoms with E-state index in [0.717, 1.165) is 6.42 Å². The highest BCUT2D eigenvalue weighted by molar-refractivity contribution is 9.09. The number of fused-ring (bicyclic) bond motifs is 1. The van der Waals surface area contributed by atoms with Crippen LogP contribution >= 0.6 is 39.1 Å². The molecule has 1 aromatic carbocycles. The van der Waals surface area contributed by atoms with Crippen LogP contribution in [0.15, 0.2) is 18.2 Å². The Morgan fingerprint density at radius 2 is 2.04 bits per heavy atom. The van der Waals surface area contributed by atoms with E-state index in [0.29, 0.717) is 5.02 Å². The first-order valence-corrected chi connectivity index (χ1v) is 9.55. The van der Waals surface area contributed by atoms with E-state index in [9.17, 15) is 14.4 Å². The van der Waals surface area contributed by atoms with Gasteiger partial charge in [0.05, 0.1) is 21.7 Å². The highest BCUT2D eigenvalue weighted by Crippen LogP contribution is 2.60. The fraction of sp³-hybridized carbons (Fsp3) is 0.471. The molecular weight excluding hydrogens is 435 g/mol. The Labute approximate surface area is 162 Å². The number of benzene rings is 1. The fourth-order valence-electron chi connectivity index (χ4n) is 4.32. The average molecular weight is 448 g/mol. The maximum atomic E-state index is 12.5. The number of ether oxygens (including phenoxy) is 2. The van der Waals surface area contributed by atoms with Crippen molar-refractivity contribution in [2.75, 3.05) is 6.61 Å². The van der Waals surface area contributed by atoms with Gasteiger partial charge in [-0.15, -0.1) is 0 Å². The number of hydrogen-bond acceptors (Lipinski definition) is 5. The highest BCUT2D eigenvalue weighted by atomic mass is 79.9. The second-order valence-electron chi connectivity index (χ2n) is 6.62. The Kier molecular flexibility index (Phi) is 4.33. The largest absolute Gasteiger partial charge is 0.461 e. The molecule has 1 saturated heterocycles. The van der Waals surface area contributed by atoms with Crippen LogP contribution in [0.5, 0.6) is 0 Å². The van der Waals surface area contributed by atoms with Crippen LogP contribution in [0.2, 0.25) is 10.0 Å². The molecule has 1 aromatic rings. The number of Topliss-reactive ketones (excluding diaryl/α,β-unsaturated/α-hetero) is 1. The summed E-state index contributed by atoms with van der Waals surface area (Å²) in [6.07, 6.45) is 0.606. The molecule has 2 bridgehead atoms. The number of halogens is 3. The molecular formula is C17H13BrCl2O5. The third-order valence-corrected chi connectivity index (χ3v) is 7.12. The van der Waals surface area contributed by atoms with Crippen molar-refractivity contribution in [3.8, 4) is 0 Å². The molecule has 0 N–H and O–H groups in total. The maximum absolute atomic E-state index is 12.5. The van der Waals surface area contributed by atoms with Crippen molar-refractivity contribution in [2.24, 2.45) is 23.7 Å². The van der Waals surface area contributed by atoms with Gasteiger partial charge in [-0.25, -0.2) is 0 Å². The van der Waals surface area contributed by atoms with Crippen molar-refractivity contribution < 1.29 is 23.9 Å². The lowest BCUT2D eigenvalue weighted by atomic mass is 9.80. The van der Waals surface area contributed by atoms with Crippen molar-refractivity contribution in [1.82, 2.24) is 0 Å². The van der Waals surface area contributed by atoms with Crippen LogP contribution in [0, 0.1) is 23.7 Å². The van der Waals surface area contributed by atoms with Crippen molar-refractivity contribution in [3.63, 3.8) is 0 Å². The van der Waals surface area contributed by atoms with Crippen molar-refractivity contribution in [2.45, 2.75) is 17.4 Å². The molecule has 1 aliphatic heterocycles. The molecule has 0 unspecified atom stereocenters. The smallest absolute Gasteiger partial charge is 0.310 e. The van der Waals surface area contributed by atoms with Crippen LogP contribution in [0.1, 0.15) is 16.8 Å². The molecule has 4 rings (SSSR count). The van der Waals surface area contributed by atoms with Gasteiger partial charge in [0.2, 0.25) is 5.78 Å².